The lowest BCUT2D eigenvalue weighted by atomic mass is 9.97. The van der Waals surface area contributed by atoms with Crippen molar-refractivity contribution in [3.05, 3.63) is 52.3 Å². The van der Waals surface area contributed by atoms with Gasteiger partial charge < -0.3 is 16.8 Å². The van der Waals surface area contributed by atoms with E-state index >= 15 is 0 Å². The molecule has 0 aromatic heterocycles. The van der Waals surface area contributed by atoms with Crippen LogP contribution in [0.4, 0.5) is 9.18 Å². The topological polar surface area (TPSA) is 81.1 Å². The zero-order valence-corrected chi connectivity index (χ0v) is 11.7. The molecule has 0 fully saturated rings. The van der Waals surface area contributed by atoms with Gasteiger partial charge in [0.15, 0.2) is 0 Å². The fourth-order valence-electron chi connectivity index (χ4n) is 2.04. The standard InChI is InChI=1S/C14H16FN3OS/c15-10-4-5-11-9(8-10)2-1-3-12(11)20-13(6-7-16)18-14(17)19/h3-6,8H,1-2,7,16H2,(H3,17,18,19)/b13-6+. The summed E-state index contributed by atoms with van der Waals surface area (Å²) in [5, 5.41) is 3.12. The van der Waals surface area contributed by atoms with E-state index in [1.54, 1.807) is 18.2 Å². The van der Waals surface area contributed by atoms with Gasteiger partial charge in [0.1, 0.15) is 5.82 Å². The number of nitrogens with one attached hydrogen (secondary N) is 1. The Morgan fingerprint density at radius 3 is 3.00 bits per heavy atom. The number of thioether (sulfide) groups is 1. The second kappa shape index (κ2) is 6.58. The number of fused-ring (bicyclic) bond motifs is 1. The molecule has 1 aromatic carbocycles. The highest BCUT2D eigenvalue weighted by Crippen LogP contribution is 2.38. The number of aryl methyl sites for hydroxylation is 1. The molecule has 0 saturated carbocycles. The van der Waals surface area contributed by atoms with Crippen molar-refractivity contribution in [1.29, 1.82) is 0 Å². The van der Waals surface area contributed by atoms with Crippen LogP contribution in [0.5, 0.6) is 0 Å². The molecular formula is C14H16FN3OS. The molecule has 1 aromatic rings. The van der Waals surface area contributed by atoms with Crippen molar-refractivity contribution < 1.29 is 9.18 Å². The maximum Gasteiger partial charge on any atom is 0.317 e. The molecule has 0 radical (unpaired) electrons. The van der Waals surface area contributed by atoms with Crippen molar-refractivity contribution in [2.75, 3.05) is 6.54 Å². The average Bonchev–Trinajstić information content (AvgIpc) is 2.38. The SMILES string of the molecule is NC/C=C(\NC(N)=O)SC1=CCCc2cc(F)ccc21. The van der Waals surface area contributed by atoms with E-state index in [1.807, 2.05) is 0 Å². The highest BCUT2D eigenvalue weighted by molar-refractivity contribution is 8.11. The lowest BCUT2D eigenvalue weighted by Gasteiger charge is -2.18. The third-order valence-corrected chi connectivity index (χ3v) is 3.94. The third-order valence-electron chi connectivity index (χ3n) is 2.85. The normalized spacial score (nSPS) is 14.5. The largest absolute Gasteiger partial charge is 0.351 e. The van der Waals surface area contributed by atoms with Crippen LogP contribution in [-0.2, 0) is 6.42 Å². The molecule has 6 heteroatoms. The number of nitrogens with two attached hydrogens (primary N) is 2. The predicted molar refractivity (Wildman–Crippen MR) is 80.1 cm³/mol. The van der Waals surface area contributed by atoms with Gasteiger partial charge in [-0.1, -0.05) is 23.9 Å². The fraction of sp³-hybridized carbons (Fsp3) is 0.214. The molecule has 2 amide bonds. The Labute approximate surface area is 121 Å². The van der Waals surface area contributed by atoms with Gasteiger partial charge in [0.2, 0.25) is 0 Å². The Hall–Kier alpha value is -1.79. The number of carbonyl (C=O) groups excluding carboxylic acids is 1. The molecule has 0 atom stereocenters. The third kappa shape index (κ3) is 3.61. The van der Waals surface area contributed by atoms with Gasteiger partial charge in [-0.3, -0.25) is 0 Å². The minimum absolute atomic E-state index is 0.233. The Balaban J connectivity index is 2.23. The zero-order chi connectivity index (χ0) is 14.5. The number of hydrogen-bond donors (Lipinski definition) is 3. The highest BCUT2D eigenvalue weighted by atomic mass is 32.2. The van der Waals surface area contributed by atoms with Crippen molar-refractivity contribution in [3.8, 4) is 0 Å². The molecule has 1 aliphatic rings. The van der Waals surface area contributed by atoms with Gasteiger partial charge in [-0.05, 0) is 42.2 Å². The van der Waals surface area contributed by atoms with E-state index in [2.05, 4.69) is 11.4 Å². The minimum atomic E-state index is -0.632. The summed E-state index contributed by atoms with van der Waals surface area (Å²) < 4.78 is 13.2. The highest BCUT2D eigenvalue weighted by Gasteiger charge is 2.15. The van der Waals surface area contributed by atoms with Gasteiger partial charge in [0.05, 0.1) is 5.03 Å². The quantitative estimate of drug-likeness (QED) is 0.797. The lowest BCUT2D eigenvalue weighted by Crippen LogP contribution is -2.28. The number of urea groups is 1. The Morgan fingerprint density at radius 2 is 2.30 bits per heavy atom. The predicted octanol–water partition coefficient (Wildman–Crippen LogP) is 2.31. The van der Waals surface area contributed by atoms with Crippen LogP contribution in [0.2, 0.25) is 0 Å². The smallest absolute Gasteiger partial charge is 0.317 e. The molecule has 106 valence electrons. The first kappa shape index (κ1) is 14.6. The van der Waals surface area contributed by atoms with Gasteiger partial charge in [-0.25, -0.2) is 9.18 Å². The van der Waals surface area contributed by atoms with E-state index in [0.29, 0.717) is 11.6 Å². The summed E-state index contributed by atoms with van der Waals surface area (Å²) in [6.45, 7) is 0.298. The summed E-state index contributed by atoms with van der Waals surface area (Å²) in [6, 6.07) is 4.11. The van der Waals surface area contributed by atoms with E-state index in [-0.39, 0.29) is 5.82 Å². The Morgan fingerprint density at radius 1 is 1.50 bits per heavy atom. The first-order valence-corrected chi connectivity index (χ1v) is 7.05. The van der Waals surface area contributed by atoms with Gasteiger partial charge in [-0.2, -0.15) is 0 Å². The second-order valence-electron chi connectivity index (χ2n) is 4.30. The van der Waals surface area contributed by atoms with Crippen LogP contribution in [0.1, 0.15) is 17.5 Å². The molecular weight excluding hydrogens is 277 g/mol. The molecule has 2 rings (SSSR count). The monoisotopic (exact) mass is 293 g/mol. The number of hydrogen-bond acceptors (Lipinski definition) is 3. The van der Waals surface area contributed by atoms with Crippen LogP contribution < -0.4 is 16.8 Å². The number of allylic oxidation sites excluding steroid dienone is 1. The summed E-state index contributed by atoms with van der Waals surface area (Å²) in [5.41, 5.74) is 12.6. The summed E-state index contributed by atoms with van der Waals surface area (Å²) >= 11 is 1.37. The number of amides is 2. The van der Waals surface area contributed by atoms with Crippen LogP contribution in [0.15, 0.2) is 35.4 Å². The summed E-state index contributed by atoms with van der Waals surface area (Å²) in [6.07, 6.45) is 5.41. The molecule has 20 heavy (non-hydrogen) atoms. The van der Waals surface area contributed by atoms with Crippen molar-refractivity contribution in [1.82, 2.24) is 5.32 Å². The number of benzene rings is 1. The summed E-state index contributed by atoms with van der Waals surface area (Å²) in [4.78, 5) is 11.9. The van der Waals surface area contributed by atoms with Crippen molar-refractivity contribution in [3.63, 3.8) is 0 Å². The van der Waals surface area contributed by atoms with Gasteiger partial charge in [0, 0.05) is 11.4 Å². The van der Waals surface area contributed by atoms with Crippen molar-refractivity contribution >= 4 is 22.7 Å². The first-order valence-electron chi connectivity index (χ1n) is 6.23. The van der Waals surface area contributed by atoms with E-state index in [1.165, 1.54) is 17.8 Å². The summed E-state index contributed by atoms with van der Waals surface area (Å²) in [7, 11) is 0. The molecule has 0 bridgehead atoms. The molecule has 5 N–H and O–H groups in total. The fourth-order valence-corrected chi connectivity index (χ4v) is 3.12. The van der Waals surface area contributed by atoms with Crippen LogP contribution in [-0.4, -0.2) is 12.6 Å². The molecule has 0 aliphatic heterocycles. The van der Waals surface area contributed by atoms with Crippen LogP contribution in [0.3, 0.4) is 0 Å². The molecule has 4 nitrogen and oxygen atoms in total. The number of carbonyl (C=O) groups is 1. The maximum atomic E-state index is 13.2. The minimum Gasteiger partial charge on any atom is -0.351 e. The van der Waals surface area contributed by atoms with E-state index < -0.39 is 6.03 Å². The zero-order valence-electron chi connectivity index (χ0n) is 10.9. The molecule has 1 aliphatic carbocycles. The lowest BCUT2D eigenvalue weighted by molar-refractivity contribution is 0.252. The number of rotatable bonds is 4. The van der Waals surface area contributed by atoms with Gasteiger partial charge in [0.25, 0.3) is 0 Å². The van der Waals surface area contributed by atoms with Crippen LogP contribution in [0, 0.1) is 5.82 Å². The van der Waals surface area contributed by atoms with E-state index in [4.69, 9.17) is 11.5 Å². The van der Waals surface area contributed by atoms with E-state index in [9.17, 15) is 9.18 Å². The molecule has 0 unspecified atom stereocenters. The number of halogens is 1. The molecule has 0 heterocycles. The Bertz CT molecular complexity index is 584. The maximum absolute atomic E-state index is 13.2. The van der Waals surface area contributed by atoms with Crippen molar-refractivity contribution in [2.24, 2.45) is 11.5 Å². The first-order chi connectivity index (χ1) is 9.60. The van der Waals surface area contributed by atoms with E-state index in [0.717, 1.165) is 28.9 Å². The van der Waals surface area contributed by atoms with Crippen molar-refractivity contribution in [2.45, 2.75) is 12.8 Å². The second-order valence-corrected chi connectivity index (χ2v) is 5.39. The van der Waals surface area contributed by atoms with Gasteiger partial charge in [-0.15, -0.1) is 0 Å². The summed E-state index contributed by atoms with van der Waals surface area (Å²) in [5.74, 6) is -0.233. The number of primary amides is 1. The van der Waals surface area contributed by atoms with Gasteiger partial charge >= 0.3 is 6.03 Å². The Kier molecular flexibility index (Phi) is 4.81. The van der Waals surface area contributed by atoms with Crippen LogP contribution in [0.25, 0.3) is 4.91 Å². The molecule has 0 spiro atoms. The molecule has 0 saturated heterocycles. The average molecular weight is 293 g/mol. The van der Waals surface area contributed by atoms with Crippen LogP contribution >= 0.6 is 11.8 Å².